The van der Waals surface area contributed by atoms with Crippen molar-refractivity contribution >= 4 is 11.9 Å². The molecular weight excluding hydrogens is 435 g/mol. The second kappa shape index (κ2) is 9.82. The highest BCUT2D eigenvalue weighted by atomic mass is 19.4. The van der Waals surface area contributed by atoms with E-state index in [4.69, 9.17) is 4.74 Å². The van der Waals surface area contributed by atoms with Crippen molar-refractivity contribution < 1.29 is 27.5 Å². The normalized spacial score (nSPS) is 21.5. The highest BCUT2D eigenvalue weighted by Crippen LogP contribution is 2.33. The first-order valence-corrected chi connectivity index (χ1v) is 11.0. The molecule has 2 fully saturated rings. The first-order valence-electron chi connectivity index (χ1n) is 11.0. The number of rotatable bonds is 3. The van der Waals surface area contributed by atoms with Crippen LogP contribution in [0, 0.1) is 0 Å². The number of alkyl halides is 3. The summed E-state index contributed by atoms with van der Waals surface area (Å²) in [6, 6.07) is 13.4. The number of likely N-dealkylation sites (tertiary alicyclic amines) is 1. The lowest BCUT2D eigenvalue weighted by molar-refractivity contribution is -0.137. The van der Waals surface area contributed by atoms with Crippen LogP contribution in [0.15, 0.2) is 54.6 Å². The predicted molar refractivity (Wildman–Crippen MR) is 116 cm³/mol. The van der Waals surface area contributed by atoms with Crippen LogP contribution < -0.4 is 5.32 Å². The van der Waals surface area contributed by atoms with Gasteiger partial charge in [0.15, 0.2) is 0 Å². The molecule has 2 aromatic rings. The van der Waals surface area contributed by atoms with Crippen LogP contribution >= 0.6 is 0 Å². The number of nitrogens with zero attached hydrogens (tertiary/aromatic N) is 2. The number of halogens is 3. The van der Waals surface area contributed by atoms with Crippen molar-refractivity contribution in [1.29, 1.82) is 0 Å². The summed E-state index contributed by atoms with van der Waals surface area (Å²) in [5.41, 5.74) is 0.513. The van der Waals surface area contributed by atoms with Crippen LogP contribution in [0.2, 0.25) is 0 Å². The topological polar surface area (TPSA) is 61.9 Å². The van der Waals surface area contributed by atoms with Crippen LogP contribution in [0.3, 0.4) is 0 Å². The van der Waals surface area contributed by atoms with E-state index in [2.05, 4.69) is 5.32 Å². The molecule has 2 heterocycles. The van der Waals surface area contributed by atoms with Gasteiger partial charge in [-0.2, -0.15) is 13.2 Å². The highest BCUT2D eigenvalue weighted by molar-refractivity contribution is 5.94. The SMILES string of the molecule is O=C(NC1CC(c2ccc(C(F)(F)F)cc2)CN(C(=O)N2CCOCC2)C1)c1ccccc1. The zero-order valence-electron chi connectivity index (χ0n) is 18.1. The van der Waals surface area contributed by atoms with Crippen molar-refractivity contribution in [3.63, 3.8) is 0 Å². The molecule has 0 spiro atoms. The molecule has 1 N–H and O–H groups in total. The number of hydrogen-bond donors (Lipinski definition) is 1. The molecular formula is C24H26F3N3O3. The summed E-state index contributed by atoms with van der Waals surface area (Å²) < 4.78 is 44.3. The molecule has 0 bridgehead atoms. The summed E-state index contributed by atoms with van der Waals surface area (Å²) >= 11 is 0. The third kappa shape index (κ3) is 5.65. The van der Waals surface area contributed by atoms with Crippen molar-refractivity contribution in [2.45, 2.75) is 24.6 Å². The zero-order chi connectivity index (χ0) is 23.4. The number of ether oxygens (including phenoxy) is 1. The second-order valence-corrected chi connectivity index (χ2v) is 8.38. The van der Waals surface area contributed by atoms with Crippen molar-refractivity contribution in [3.8, 4) is 0 Å². The summed E-state index contributed by atoms with van der Waals surface area (Å²) in [6.07, 6.45) is -3.88. The van der Waals surface area contributed by atoms with E-state index in [0.717, 1.165) is 12.1 Å². The minimum absolute atomic E-state index is 0.145. The molecule has 2 unspecified atom stereocenters. The number of carbonyl (C=O) groups is 2. The average Bonchev–Trinajstić information content (AvgIpc) is 2.84. The third-order valence-electron chi connectivity index (χ3n) is 6.08. The van der Waals surface area contributed by atoms with Crippen LogP contribution in [-0.4, -0.2) is 67.2 Å². The molecule has 0 radical (unpaired) electrons. The Hall–Kier alpha value is -3.07. The number of morpholine rings is 1. The van der Waals surface area contributed by atoms with Gasteiger partial charge < -0.3 is 19.9 Å². The maximum absolute atomic E-state index is 13.2. The highest BCUT2D eigenvalue weighted by Gasteiger charge is 2.35. The Bertz CT molecular complexity index is 960. The Kier molecular flexibility index (Phi) is 6.88. The van der Waals surface area contributed by atoms with Crippen LogP contribution in [0.4, 0.5) is 18.0 Å². The van der Waals surface area contributed by atoms with Gasteiger partial charge in [-0.1, -0.05) is 30.3 Å². The number of benzene rings is 2. The fraction of sp³-hybridized carbons (Fsp3) is 0.417. The summed E-state index contributed by atoms with van der Waals surface area (Å²) in [4.78, 5) is 29.3. The Morgan fingerprint density at radius 1 is 0.909 bits per heavy atom. The molecule has 0 aliphatic carbocycles. The predicted octanol–water partition coefficient (Wildman–Crippen LogP) is 3.75. The Balaban J connectivity index is 1.53. The number of nitrogens with one attached hydrogen (secondary N) is 1. The quantitative estimate of drug-likeness (QED) is 0.758. The Morgan fingerprint density at radius 3 is 2.21 bits per heavy atom. The van der Waals surface area contributed by atoms with E-state index in [-0.39, 0.29) is 23.9 Å². The fourth-order valence-corrected chi connectivity index (χ4v) is 4.36. The largest absolute Gasteiger partial charge is 0.416 e. The van der Waals surface area contributed by atoms with Crippen LogP contribution in [0.25, 0.3) is 0 Å². The van der Waals surface area contributed by atoms with Crippen molar-refractivity contribution in [2.75, 3.05) is 39.4 Å². The summed E-state index contributed by atoms with van der Waals surface area (Å²) in [5, 5.41) is 3.00. The van der Waals surface area contributed by atoms with Gasteiger partial charge in [-0.3, -0.25) is 4.79 Å². The Labute approximate surface area is 190 Å². The molecule has 0 aromatic heterocycles. The van der Waals surface area contributed by atoms with Gasteiger partial charge in [0, 0.05) is 43.7 Å². The molecule has 3 amide bonds. The van der Waals surface area contributed by atoms with Gasteiger partial charge in [0.2, 0.25) is 0 Å². The number of amides is 3. The molecule has 33 heavy (non-hydrogen) atoms. The lowest BCUT2D eigenvalue weighted by Crippen LogP contribution is -2.56. The summed E-state index contributed by atoms with van der Waals surface area (Å²) in [5.74, 6) is -0.445. The molecule has 2 aliphatic rings. The number of piperidine rings is 1. The van der Waals surface area contributed by atoms with E-state index in [1.807, 2.05) is 6.07 Å². The second-order valence-electron chi connectivity index (χ2n) is 8.38. The minimum Gasteiger partial charge on any atom is -0.378 e. The average molecular weight is 461 g/mol. The van der Waals surface area contributed by atoms with Gasteiger partial charge in [-0.15, -0.1) is 0 Å². The third-order valence-corrected chi connectivity index (χ3v) is 6.08. The van der Waals surface area contributed by atoms with Crippen molar-refractivity contribution in [1.82, 2.24) is 15.1 Å². The van der Waals surface area contributed by atoms with E-state index >= 15 is 0 Å². The van der Waals surface area contributed by atoms with Gasteiger partial charge in [-0.25, -0.2) is 4.79 Å². The van der Waals surface area contributed by atoms with E-state index in [9.17, 15) is 22.8 Å². The standard InChI is InChI=1S/C24H26F3N3O3/c25-24(26,27)20-8-6-17(7-9-20)19-14-21(28-22(31)18-4-2-1-3-5-18)16-30(15-19)23(32)29-10-12-33-13-11-29/h1-9,19,21H,10-16H2,(H,28,31). The van der Waals surface area contributed by atoms with Crippen LogP contribution in [0.5, 0.6) is 0 Å². The zero-order valence-corrected chi connectivity index (χ0v) is 18.1. The first kappa shape index (κ1) is 23.1. The number of carbonyl (C=O) groups excluding carboxylic acids is 2. The Morgan fingerprint density at radius 2 is 1.58 bits per heavy atom. The van der Waals surface area contributed by atoms with E-state index in [1.54, 1.807) is 34.1 Å². The maximum Gasteiger partial charge on any atom is 0.416 e. The molecule has 2 atom stereocenters. The van der Waals surface area contributed by atoms with Crippen LogP contribution in [0.1, 0.15) is 33.8 Å². The number of urea groups is 1. The minimum atomic E-state index is -4.41. The van der Waals surface area contributed by atoms with E-state index < -0.39 is 11.7 Å². The maximum atomic E-state index is 13.2. The first-order chi connectivity index (χ1) is 15.8. The molecule has 2 saturated heterocycles. The molecule has 4 rings (SSSR count). The molecule has 0 saturated carbocycles. The van der Waals surface area contributed by atoms with E-state index in [1.165, 1.54) is 12.1 Å². The van der Waals surface area contributed by atoms with Gasteiger partial charge in [-0.05, 0) is 36.2 Å². The van der Waals surface area contributed by atoms with E-state index in [0.29, 0.717) is 56.9 Å². The molecule has 176 valence electrons. The lowest BCUT2D eigenvalue weighted by Gasteiger charge is -2.41. The smallest absolute Gasteiger partial charge is 0.378 e. The van der Waals surface area contributed by atoms with Gasteiger partial charge in [0.25, 0.3) is 5.91 Å². The summed E-state index contributed by atoms with van der Waals surface area (Å²) in [7, 11) is 0. The van der Waals surface area contributed by atoms with Gasteiger partial charge in [0.05, 0.1) is 18.8 Å². The molecule has 6 nitrogen and oxygen atoms in total. The molecule has 2 aliphatic heterocycles. The van der Waals surface area contributed by atoms with Gasteiger partial charge >= 0.3 is 12.2 Å². The van der Waals surface area contributed by atoms with Crippen molar-refractivity contribution in [2.24, 2.45) is 0 Å². The molecule has 9 heteroatoms. The lowest BCUT2D eigenvalue weighted by atomic mass is 9.87. The molecule has 2 aromatic carbocycles. The van der Waals surface area contributed by atoms with Crippen molar-refractivity contribution in [3.05, 3.63) is 71.3 Å². The summed E-state index contributed by atoms with van der Waals surface area (Å²) in [6.45, 7) is 2.62. The number of hydrogen-bond acceptors (Lipinski definition) is 3. The van der Waals surface area contributed by atoms with Crippen LogP contribution in [-0.2, 0) is 10.9 Å². The fourth-order valence-electron chi connectivity index (χ4n) is 4.36. The monoisotopic (exact) mass is 461 g/mol. The van der Waals surface area contributed by atoms with Gasteiger partial charge in [0.1, 0.15) is 0 Å².